The molecule has 3 rings (SSSR count). The van der Waals surface area contributed by atoms with Crippen LogP contribution < -0.4 is 5.32 Å². The second kappa shape index (κ2) is 7.65. The summed E-state index contributed by atoms with van der Waals surface area (Å²) in [5, 5.41) is 3.34. The zero-order valence-corrected chi connectivity index (χ0v) is 14.4. The maximum Gasteiger partial charge on any atom is 0.239 e. The Morgan fingerprint density at radius 2 is 1.65 bits per heavy atom. The fourth-order valence-electron chi connectivity index (χ4n) is 4.28. The molecule has 1 N–H and O–H groups in total. The van der Waals surface area contributed by atoms with Crippen LogP contribution in [-0.2, 0) is 9.59 Å². The van der Waals surface area contributed by atoms with Gasteiger partial charge >= 0.3 is 0 Å². The summed E-state index contributed by atoms with van der Waals surface area (Å²) in [5.41, 5.74) is 0. The van der Waals surface area contributed by atoms with Crippen molar-refractivity contribution in [3.05, 3.63) is 0 Å². The largest absolute Gasteiger partial charge is 0.342 e. The Morgan fingerprint density at radius 3 is 2.30 bits per heavy atom. The minimum Gasteiger partial charge on any atom is -0.342 e. The minimum atomic E-state index is 0.0129. The fraction of sp³-hybridized carbons (Fsp3) is 0.889. The summed E-state index contributed by atoms with van der Waals surface area (Å²) < 4.78 is 0. The van der Waals surface area contributed by atoms with Crippen molar-refractivity contribution in [1.29, 1.82) is 0 Å². The second-order valence-electron chi connectivity index (χ2n) is 7.63. The first-order chi connectivity index (χ1) is 11.1. The summed E-state index contributed by atoms with van der Waals surface area (Å²) in [7, 11) is 0. The third kappa shape index (κ3) is 4.06. The smallest absolute Gasteiger partial charge is 0.239 e. The number of rotatable bonds is 2. The van der Waals surface area contributed by atoms with Gasteiger partial charge in [0.2, 0.25) is 11.8 Å². The standard InChI is InChI=1S/C18H31N3O2/c1-14-5-4-10-21(13-14)17(22)15-7-11-20(12-8-15)18(23)16-6-2-3-9-19-16/h14-16,19H,2-13H2,1H3. The van der Waals surface area contributed by atoms with Crippen molar-refractivity contribution in [2.24, 2.45) is 11.8 Å². The fourth-order valence-corrected chi connectivity index (χ4v) is 4.28. The van der Waals surface area contributed by atoms with Crippen LogP contribution in [0.3, 0.4) is 0 Å². The van der Waals surface area contributed by atoms with Gasteiger partial charge in [-0.3, -0.25) is 9.59 Å². The van der Waals surface area contributed by atoms with E-state index in [1.807, 2.05) is 4.90 Å². The van der Waals surface area contributed by atoms with Crippen LogP contribution in [0.15, 0.2) is 0 Å². The van der Waals surface area contributed by atoms with Crippen molar-refractivity contribution in [2.45, 2.75) is 57.9 Å². The molecule has 0 aromatic heterocycles. The van der Waals surface area contributed by atoms with E-state index >= 15 is 0 Å². The molecule has 0 spiro atoms. The lowest BCUT2D eigenvalue weighted by Gasteiger charge is -2.38. The summed E-state index contributed by atoms with van der Waals surface area (Å²) in [6.45, 7) is 6.53. The first kappa shape index (κ1) is 16.7. The molecular weight excluding hydrogens is 290 g/mol. The van der Waals surface area contributed by atoms with Gasteiger partial charge in [0.05, 0.1) is 6.04 Å². The van der Waals surface area contributed by atoms with Crippen molar-refractivity contribution >= 4 is 11.8 Å². The Hall–Kier alpha value is -1.10. The van der Waals surface area contributed by atoms with Gasteiger partial charge in [0.1, 0.15) is 0 Å². The lowest BCUT2D eigenvalue weighted by atomic mass is 9.92. The predicted octanol–water partition coefficient (Wildman–Crippen LogP) is 1.63. The molecule has 2 atom stereocenters. The first-order valence-corrected chi connectivity index (χ1v) is 9.46. The van der Waals surface area contributed by atoms with Crippen LogP contribution in [0, 0.1) is 11.8 Å². The molecule has 3 fully saturated rings. The number of amides is 2. The molecule has 0 radical (unpaired) electrons. The second-order valence-corrected chi connectivity index (χ2v) is 7.63. The Bertz CT molecular complexity index is 426. The van der Waals surface area contributed by atoms with E-state index in [1.54, 1.807) is 0 Å². The highest BCUT2D eigenvalue weighted by Gasteiger charge is 2.33. The van der Waals surface area contributed by atoms with E-state index in [0.29, 0.717) is 11.8 Å². The number of carbonyl (C=O) groups is 2. The summed E-state index contributed by atoms with van der Waals surface area (Å²) in [5.74, 6) is 1.34. The van der Waals surface area contributed by atoms with Crippen LogP contribution in [0.1, 0.15) is 51.9 Å². The van der Waals surface area contributed by atoms with Crippen LogP contribution in [0.25, 0.3) is 0 Å². The van der Waals surface area contributed by atoms with Crippen molar-refractivity contribution in [3.8, 4) is 0 Å². The minimum absolute atomic E-state index is 0.0129. The van der Waals surface area contributed by atoms with E-state index in [4.69, 9.17) is 0 Å². The molecule has 5 heteroatoms. The van der Waals surface area contributed by atoms with Gasteiger partial charge in [-0.05, 0) is 51.0 Å². The third-order valence-corrected chi connectivity index (χ3v) is 5.73. The van der Waals surface area contributed by atoms with E-state index in [1.165, 1.54) is 12.8 Å². The zero-order chi connectivity index (χ0) is 16.2. The first-order valence-electron chi connectivity index (χ1n) is 9.46. The molecule has 3 aliphatic heterocycles. The number of likely N-dealkylation sites (tertiary alicyclic amines) is 2. The molecule has 3 heterocycles. The van der Waals surface area contributed by atoms with Crippen LogP contribution in [0.5, 0.6) is 0 Å². The van der Waals surface area contributed by atoms with Gasteiger partial charge < -0.3 is 15.1 Å². The van der Waals surface area contributed by atoms with Crippen LogP contribution in [0.2, 0.25) is 0 Å². The normalized spacial score (nSPS) is 30.3. The number of piperidine rings is 3. The maximum atomic E-state index is 12.7. The van der Waals surface area contributed by atoms with Gasteiger partial charge in [-0.25, -0.2) is 0 Å². The summed E-state index contributed by atoms with van der Waals surface area (Å²) in [6.07, 6.45) is 7.33. The molecule has 0 saturated carbocycles. The highest BCUT2D eigenvalue weighted by atomic mass is 16.2. The summed E-state index contributed by atoms with van der Waals surface area (Å²) in [4.78, 5) is 29.3. The quantitative estimate of drug-likeness (QED) is 0.841. The number of nitrogens with zero attached hydrogens (tertiary/aromatic N) is 2. The van der Waals surface area contributed by atoms with E-state index in [2.05, 4.69) is 17.1 Å². The average Bonchev–Trinajstić information content (AvgIpc) is 2.61. The highest BCUT2D eigenvalue weighted by molar-refractivity contribution is 5.83. The van der Waals surface area contributed by atoms with Crippen LogP contribution in [-0.4, -0.2) is 60.4 Å². The Kier molecular flexibility index (Phi) is 5.57. The van der Waals surface area contributed by atoms with E-state index in [0.717, 1.165) is 64.8 Å². The number of carbonyl (C=O) groups excluding carboxylic acids is 2. The van der Waals surface area contributed by atoms with Crippen molar-refractivity contribution in [3.63, 3.8) is 0 Å². The van der Waals surface area contributed by atoms with Crippen LogP contribution in [0.4, 0.5) is 0 Å². The van der Waals surface area contributed by atoms with E-state index < -0.39 is 0 Å². The maximum absolute atomic E-state index is 12.7. The monoisotopic (exact) mass is 321 g/mol. The average molecular weight is 321 g/mol. The zero-order valence-electron chi connectivity index (χ0n) is 14.4. The van der Waals surface area contributed by atoms with Gasteiger partial charge in [0.25, 0.3) is 0 Å². The summed E-state index contributed by atoms with van der Waals surface area (Å²) >= 11 is 0. The molecule has 0 aromatic carbocycles. The van der Waals surface area contributed by atoms with Gasteiger partial charge in [-0.2, -0.15) is 0 Å². The molecule has 2 amide bonds. The van der Waals surface area contributed by atoms with E-state index in [9.17, 15) is 9.59 Å². The topological polar surface area (TPSA) is 52.7 Å². The van der Waals surface area contributed by atoms with Crippen molar-refractivity contribution in [1.82, 2.24) is 15.1 Å². The molecule has 23 heavy (non-hydrogen) atoms. The highest BCUT2D eigenvalue weighted by Crippen LogP contribution is 2.24. The van der Waals surface area contributed by atoms with Gasteiger partial charge in [-0.15, -0.1) is 0 Å². The molecule has 3 aliphatic rings. The van der Waals surface area contributed by atoms with Crippen molar-refractivity contribution in [2.75, 3.05) is 32.7 Å². The Balaban J connectivity index is 1.47. The Labute approximate surface area is 139 Å². The lowest BCUT2D eigenvalue weighted by Crippen LogP contribution is -2.52. The molecular formula is C18H31N3O2. The Morgan fingerprint density at radius 1 is 0.870 bits per heavy atom. The molecule has 0 aliphatic carbocycles. The molecule has 2 unspecified atom stereocenters. The van der Waals surface area contributed by atoms with Crippen LogP contribution >= 0.6 is 0 Å². The lowest BCUT2D eigenvalue weighted by molar-refractivity contribution is -0.143. The van der Waals surface area contributed by atoms with E-state index in [-0.39, 0.29) is 17.9 Å². The van der Waals surface area contributed by atoms with Gasteiger partial charge in [0.15, 0.2) is 0 Å². The molecule has 3 saturated heterocycles. The number of hydrogen-bond acceptors (Lipinski definition) is 3. The molecule has 5 nitrogen and oxygen atoms in total. The molecule has 130 valence electrons. The molecule has 0 bridgehead atoms. The molecule has 0 aromatic rings. The predicted molar refractivity (Wildman–Crippen MR) is 89.9 cm³/mol. The third-order valence-electron chi connectivity index (χ3n) is 5.73. The number of nitrogens with one attached hydrogen (secondary N) is 1. The van der Waals surface area contributed by atoms with Gasteiger partial charge in [0, 0.05) is 32.1 Å². The van der Waals surface area contributed by atoms with Crippen molar-refractivity contribution < 1.29 is 9.59 Å². The van der Waals surface area contributed by atoms with Gasteiger partial charge in [-0.1, -0.05) is 13.3 Å². The SMILES string of the molecule is CC1CCCN(C(=O)C2CCN(C(=O)C3CCCCN3)CC2)C1. The summed E-state index contributed by atoms with van der Waals surface area (Å²) in [6, 6.07) is 0.0129. The number of hydrogen-bond donors (Lipinski definition) is 1.